The summed E-state index contributed by atoms with van der Waals surface area (Å²) in [6, 6.07) is 16.6. The van der Waals surface area contributed by atoms with E-state index in [4.69, 9.17) is 0 Å². The second-order valence-electron chi connectivity index (χ2n) is 17.5. The molecule has 0 spiro atoms. The van der Waals surface area contributed by atoms with Crippen LogP contribution in [0.15, 0.2) is 72.8 Å². The van der Waals surface area contributed by atoms with Crippen LogP contribution < -0.4 is 26.2 Å². The summed E-state index contributed by atoms with van der Waals surface area (Å²) >= 11 is 0. The third-order valence-electron chi connectivity index (χ3n) is 12.1. The van der Waals surface area contributed by atoms with Gasteiger partial charge in [-0.25, -0.2) is 14.0 Å². The van der Waals surface area contributed by atoms with E-state index in [9.17, 15) is 43.4 Å². The molecule has 3 saturated heterocycles. The Labute approximate surface area is 371 Å². The first-order valence-electron chi connectivity index (χ1n) is 21.4. The summed E-state index contributed by atoms with van der Waals surface area (Å²) in [6.45, 7) is 6.12. The molecule has 0 saturated carbocycles. The fourth-order valence-corrected chi connectivity index (χ4v) is 8.84. The van der Waals surface area contributed by atoms with Gasteiger partial charge in [0.05, 0.1) is 37.5 Å². The summed E-state index contributed by atoms with van der Waals surface area (Å²) in [5.74, 6) is -2.37. The van der Waals surface area contributed by atoms with Gasteiger partial charge in [-0.05, 0) is 126 Å². The topological polar surface area (TPSA) is 219 Å². The number of anilines is 3. The number of aliphatic hydroxyl groups is 2. The number of alkyl carbamates (subject to hydrolysis) is 2. The summed E-state index contributed by atoms with van der Waals surface area (Å²) < 4.78 is 23.5. The monoisotopic (exact) mass is 887 g/mol. The van der Waals surface area contributed by atoms with Crippen LogP contribution in [0.1, 0.15) is 89.4 Å². The van der Waals surface area contributed by atoms with Crippen molar-refractivity contribution >= 4 is 52.9 Å². The van der Waals surface area contributed by atoms with E-state index in [2.05, 4.69) is 35.6 Å². The third kappa shape index (κ3) is 10.7. The SMILES string of the molecule is COC(=O)N[C@H](C(=O)N1CCC[C@H]1C(=O)Nc1ccc([C@H]2CC[C@H](c3ccc(NC(=O)[C@@H]4CCCN4C(=O)[C@@H](NC(=O)OC)C(C)(C)O)cc3)N2c2ccc(F)cc2)cc1)C(C)(C)O. The zero-order valence-electron chi connectivity index (χ0n) is 36.9. The van der Waals surface area contributed by atoms with Crippen LogP contribution >= 0.6 is 0 Å². The predicted molar refractivity (Wildman–Crippen MR) is 234 cm³/mol. The highest BCUT2D eigenvalue weighted by molar-refractivity contribution is 6.00. The Kier molecular flexibility index (Phi) is 14.5. The lowest BCUT2D eigenvalue weighted by molar-refractivity contribution is -0.143. The van der Waals surface area contributed by atoms with Crippen LogP contribution in [0.3, 0.4) is 0 Å². The highest BCUT2D eigenvalue weighted by atomic mass is 19.1. The number of carbonyl (C=O) groups is 6. The first-order valence-corrected chi connectivity index (χ1v) is 21.4. The molecule has 3 aliphatic rings. The number of benzene rings is 3. The van der Waals surface area contributed by atoms with E-state index in [1.165, 1.54) is 49.6 Å². The van der Waals surface area contributed by atoms with Crippen molar-refractivity contribution in [3.05, 3.63) is 89.7 Å². The number of hydrogen-bond acceptors (Lipinski definition) is 11. The fraction of sp³-hybridized carbons (Fsp3) is 0.478. The van der Waals surface area contributed by atoms with Crippen LogP contribution in [-0.4, -0.2) is 119 Å². The molecule has 3 fully saturated rings. The molecule has 0 unspecified atom stereocenters. The van der Waals surface area contributed by atoms with Crippen molar-refractivity contribution in [1.29, 1.82) is 0 Å². The first-order chi connectivity index (χ1) is 30.3. The molecule has 0 radical (unpaired) electrons. The van der Waals surface area contributed by atoms with E-state index in [0.717, 1.165) is 43.9 Å². The fourth-order valence-electron chi connectivity index (χ4n) is 8.84. The maximum Gasteiger partial charge on any atom is 0.407 e. The van der Waals surface area contributed by atoms with Gasteiger partial charge in [0.2, 0.25) is 23.6 Å². The van der Waals surface area contributed by atoms with Crippen molar-refractivity contribution in [1.82, 2.24) is 20.4 Å². The molecule has 6 amide bonds. The summed E-state index contributed by atoms with van der Waals surface area (Å²) in [5.41, 5.74) is 0.481. The molecule has 6 N–H and O–H groups in total. The van der Waals surface area contributed by atoms with Gasteiger partial charge in [-0.15, -0.1) is 0 Å². The van der Waals surface area contributed by atoms with Crippen molar-refractivity contribution in [2.24, 2.45) is 0 Å². The van der Waals surface area contributed by atoms with Crippen LogP contribution in [-0.2, 0) is 28.7 Å². The number of methoxy groups -OCH3 is 2. The molecule has 18 heteroatoms. The predicted octanol–water partition coefficient (Wildman–Crippen LogP) is 4.76. The van der Waals surface area contributed by atoms with E-state index in [0.29, 0.717) is 37.1 Å². The Bertz CT molecular complexity index is 2040. The number of nitrogens with zero attached hydrogens (tertiary/aromatic N) is 3. The van der Waals surface area contributed by atoms with Gasteiger partial charge in [0, 0.05) is 30.2 Å². The van der Waals surface area contributed by atoms with Crippen molar-refractivity contribution in [2.75, 3.05) is 42.8 Å². The molecule has 3 aliphatic heterocycles. The Morgan fingerprint density at radius 2 is 0.984 bits per heavy atom. The van der Waals surface area contributed by atoms with Gasteiger partial charge in [0.25, 0.3) is 0 Å². The molecule has 0 aliphatic carbocycles. The van der Waals surface area contributed by atoms with Crippen LogP contribution in [0.4, 0.5) is 31.0 Å². The summed E-state index contributed by atoms with van der Waals surface area (Å²) in [7, 11) is 2.30. The average Bonchev–Trinajstić information content (AvgIpc) is 4.05. The number of carbonyl (C=O) groups excluding carboxylic acids is 6. The van der Waals surface area contributed by atoms with E-state index in [1.54, 1.807) is 36.4 Å². The number of hydrogen-bond donors (Lipinski definition) is 6. The molecular formula is C46H58FN7O10. The second-order valence-corrected chi connectivity index (χ2v) is 17.5. The molecule has 0 aromatic heterocycles. The smallest absolute Gasteiger partial charge is 0.407 e. The van der Waals surface area contributed by atoms with Crippen LogP contribution in [0, 0.1) is 5.82 Å². The lowest BCUT2D eigenvalue weighted by Gasteiger charge is -2.34. The van der Waals surface area contributed by atoms with E-state index < -0.39 is 71.2 Å². The Balaban J connectivity index is 1.14. The van der Waals surface area contributed by atoms with Crippen molar-refractivity contribution in [2.45, 2.75) is 114 Å². The number of amides is 6. The molecule has 3 aromatic carbocycles. The minimum absolute atomic E-state index is 0.129. The Hall–Kier alpha value is -6.27. The number of rotatable bonds is 13. The molecule has 6 rings (SSSR count). The molecule has 6 atom stereocenters. The van der Waals surface area contributed by atoms with Crippen molar-refractivity contribution < 1.29 is 52.8 Å². The van der Waals surface area contributed by atoms with Gasteiger partial charge >= 0.3 is 12.2 Å². The largest absolute Gasteiger partial charge is 0.453 e. The summed E-state index contributed by atoms with van der Waals surface area (Å²) in [4.78, 5) is 83.3. The average molecular weight is 888 g/mol. The zero-order valence-corrected chi connectivity index (χ0v) is 36.9. The maximum absolute atomic E-state index is 14.2. The number of likely N-dealkylation sites (tertiary alicyclic amines) is 2. The summed E-state index contributed by atoms with van der Waals surface area (Å²) in [5, 5.41) is 32.0. The zero-order chi connectivity index (χ0) is 46.5. The first kappa shape index (κ1) is 47.2. The van der Waals surface area contributed by atoms with Crippen molar-refractivity contribution in [3.8, 4) is 0 Å². The van der Waals surface area contributed by atoms with Gasteiger partial charge in [0.15, 0.2) is 0 Å². The molecule has 344 valence electrons. The van der Waals surface area contributed by atoms with Crippen LogP contribution in [0.5, 0.6) is 0 Å². The third-order valence-corrected chi connectivity index (χ3v) is 12.1. The Morgan fingerprint density at radius 3 is 1.33 bits per heavy atom. The van der Waals surface area contributed by atoms with Gasteiger partial charge in [0.1, 0.15) is 30.0 Å². The molecule has 3 heterocycles. The maximum atomic E-state index is 14.2. The van der Waals surface area contributed by atoms with Crippen molar-refractivity contribution in [3.63, 3.8) is 0 Å². The van der Waals surface area contributed by atoms with Crippen LogP contribution in [0.25, 0.3) is 0 Å². The molecule has 3 aromatic rings. The normalized spacial score (nSPS) is 20.9. The number of ether oxygens (including phenoxy) is 2. The molecular weight excluding hydrogens is 830 g/mol. The number of halogens is 1. The lowest BCUT2D eigenvalue weighted by Crippen LogP contribution is -2.60. The van der Waals surface area contributed by atoms with Gasteiger partial charge in [-0.1, -0.05) is 24.3 Å². The van der Waals surface area contributed by atoms with E-state index >= 15 is 0 Å². The van der Waals surface area contributed by atoms with Gasteiger partial charge in [-0.3, -0.25) is 19.2 Å². The minimum Gasteiger partial charge on any atom is -0.453 e. The standard InChI is InChI=1S/C46H58FN7O10/c1-45(2,61)37(50-43(59)63-5)41(57)52-25-7-9-35(52)39(55)48-30-17-11-27(12-18-30)33-23-24-34(54(33)32-21-15-29(47)16-22-32)28-13-19-31(20-14-28)49-40(56)36-10-8-26-53(36)42(58)38(46(3,4)62)51-44(60)64-6/h11-22,33-38,61-62H,7-10,23-26H2,1-6H3,(H,48,55)(H,49,56)(H,50,59)(H,51,60)/t33-,34-,35+,36+,37-,38-/m1/s1. The quantitative estimate of drug-likeness (QED) is 0.138. The molecule has 0 bridgehead atoms. The van der Waals surface area contributed by atoms with Gasteiger partial charge < -0.3 is 55.7 Å². The highest BCUT2D eigenvalue weighted by Crippen LogP contribution is 2.47. The van der Waals surface area contributed by atoms with Gasteiger partial charge in [-0.2, -0.15) is 0 Å². The Morgan fingerprint density at radius 1 is 0.609 bits per heavy atom. The summed E-state index contributed by atoms with van der Waals surface area (Å²) in [6.07, 6.45) is 1.65. The van der Waals surface area contributed by atoms with Crippen LogP contribution in [0.2, 0.25) is 0 Å². The number of nitrogens with one attached hydrogen (secondary N) is 4. The molecule has 17 nitrogen and oxygen atoms in total. The lowest BCUT2D eigenvalue weighted by atomic mass is 9.97. The van der Waals surface area contributed by atoms with E-state index in [1.807, 2.05) is 24.3 Å². The molecule has 64 heavy (non-hydrogen) atoms. The second kappa shape index (κ2) is 19.6. The highest BCUT2D eigenvalue weighted by Gasteiger charge is 2.45. The minimum atomic E-state index is -1.63. The van der Waals surface area contributed by atoms with E-state index in [-0.39, 0.29) is 31.0 Å².